The molecule has 0 saturated carbocycles. The van der Waals surface area contributed by atoms with E-state index in [1.54, 1.807) is 7.11 Å². The van der Waals surface area contributed by atoms with Crippen molar-refractivity contribution in [1.29, 1.82) is 0 Å². The molecule has 1 atom stereocenters. The first kappa shape index (κ1) is 14.0. The van der Waals surface area contributed by atoms with Crippen LogP contribution in [0.4, 0.5) is 0 Å². The first-order valence-corrected chi connectivity index (χ1v) is 6.93. The van der Waals surface area contributed by atoms with Gasteiger partial charge in [-0.1, -0.05) is 19.1 Å². The van der Waals surface area contributed by atoms with Crippen molar-refractivity contribution in [3.63, 3.8) is 0 Å². The number of imidazole rings is 1. The van der Waals surface area contributed by atoms with Gasteiger partial charge < -0.3 is 14.6 Å². The minimum atomic E-state index is 0.388. The summed E-state index contributed by atoms with van der Waals surface area (Å²) in [5.74, 6) is 1.15. The second-order valence-electron chi connectivity index (χ2n) is 4.79. The number of nitrogens with zero attached hydrogens (tertiary/aromatic N) is 2. The lowest BCUT2D eigenvalue weighted by molar-refractivity contribution is 0.198. The predicted octanol–water partition coefficient (Wildman–Crippen LogP) is 2.40. The molecule has 0 saturated heterocycles. The second-order valence-corrected chi connectivity index (χ2v) is 4.79. The van der Waals surface area contributed by atoms with Crippen molar-refractivity contribution in [2.75, 3.05) is 26.8 Å². The van der Waals surface area contributed by atoms with E-state index in [4.69, 9.17) is 9.72 Å². The number of methoxy groups -OCH3 is 1. The monoisotopic (exact) mass is 261 g/mol. The van der Waals surface area contributed by atoms with Crippen LogP contribution in [0.1, 0.15) is 25.7 Å². The number of nitrogens with one attached hydrogen (secondary N) is 1. The number of hydrogen-bond donors (Lipinski definition) is 1. The smallest absolute Gasteiger partial charge is 0.109 e. The molecule has 0 aliphatic carbocycles. The molecule has 2 aromatic rings. The van der Waals surface area contributed by atoms with Crippen molar-refractivity contribution in [1.82, 2.24) is 14.9 Å². The molecule has 19 heavy (non-hydrogen) atoms. The van der Waals surface area contributed by atoms with Crippen LogP contribution in [0.2, 0.25) is 0 Å². The highest BCUT2D eigenvalue weighted by Gasteiger charge is 2.13. The Labute approximate surface area is 114 Å². The van der Waals surface area contributed by atoms with Gasteiger partial charge in [-0.3, -0.25) is 0 Å². The third kappa shape index (κ3) is 3.14. The number of hydrogen-bond acceptors (Lipinski definition) is 3. The largest absolute Gasteiger partial charge is 0.383 e. The maximum absolute atomic E-state index is 5.05. The summed E-state index contributed by atoms with van der Waals surface area (Å²) in [6, 6.07) is 8.73. The van der Waals surface area contributed by atoms with Gasteiger partial charge in [0.1, 0.15) is 5.82 Å². The van der Waals surface area contributed by atoms with Crippen LogP contribution in [-0.4, -0.2) is 36.4 Å². The molecule has 0 amide bonds. The highest BCUT2D eigenvalue weighted by molar-refractivity contribution is 5.76. The lowest BCUT2D eigenvalue weighted by Gasteiger charge is -2.18. The number of rotatable bonds is 7. The van der Waals surface area contributed by atoms with Gasteiger partial charge in [-0.25, -0.2) is 4.98 Å². The summed E-state index contributed by atoms with van der Waals surface area (Å²) in [6.45, 7) is 6.94. The Morgan fingerprint density at radius 2 is 2.16 bits per heavy atom. The van der Waals surface area contributed by atoms with Crippen LogP contribution in [0, 0.1) is 0 Å². The lowest BCUT2D eigenvalue weighted by Crippen LogP contribution is -2.27. The summed E-state index contributed by atoms with van der Waals surface area (Å²) in [5, 5.41) is 3.42. The normalized spacial score (nSPS) is 13.0. The zero-order chi connectivity index (χ0) is 13.7. The molecule has 0 aliphatic rings. The van der Waals surface area contributed by atoms with Crippen LogP contribution in [0.3, 0.4) is 0 Å². The molecule has 4 nitrogen and oxygen atoms in total. The molecule has 0 aliphatic heterocycles. The molecule has 1 aromatic heterocycles. The Morgan fingerprint density at radius 3 is 2.89 bits per heavy atom. The highest BCUT2D eigenvalue weighted by Crippen LogP contribution is 2.21. The van der Waals surface area contributed by atoms with Crippen molar-refractivity contribution in [2.24, 2.45) is 0 Å². The minimum absolute atomic E-state index is 0.388. The van der Waals surface area contributed by atoms with Crippen molar-refractivity contribution in [3.05, 3.63) is 30.1 Å². The Morgan fingerprint density at radius 1 is 1.37 bits per heavy atom. The molecule has 1 N–H and O–H groups in total. The predicted molar refractivity (Wildman–Crippen MR) is 78.6 cm³/mol. The summed E-state index contributed by atoms with van der Waals surface area (Å²) in [5.41, 5.74) is 2.31. The maximum atomic E-state index is 5.05. The van der Waals surface area contributed by atoms with E-state index < -0.39 is 0 Å². The first-order chi connectivity index (χ1) is 9.27. The zero-order valence-electron chi connectivity index (χ0n) is 12.0. The molecule has 0 radical (unpaired) electrons. The Kier molecular flexibility index (Phi) is 4.93. The third-order valence-electron chi connectivity index (χ3n) is 3.35. The average Bonchev–Trinajstić information content (AvgIpc) is 2.82. The van der Waals surface area contributed by atoms with Gasteiger partial charge in [0, 0.05) is 32.7 Å². The quantitative estimate of drug-likeness (QED) is 0.778. The van der Waals surface area contributed by atoms with Gasteiger partial charge in [-0.05, 0) is 19.1 Å². The number of aromatic nitrogens is 2. The van der Waals surface area contributed by atoms with E-state index in [1.165, 1.54) is 5.52 Å². The first-order valence-electron chi connectivity index (χ1n) is 6.93. The van der Waals surface area contributed by atoms with E-state index in [0.717, 1.165) is 37.5 Å². The van der Waals surface area contributed by atoms with Gasteiger partial charge in [0.05, 0.1) is 17.6 Å². The number of benzene rings is 1. The zero-order valence-corrected chi connectivity index (χ0v) is 12.0. The fraction of sp³-hybridized carbons (Fsp3) is 0.533. The molecular weight excluding hydrogens is 238 g/mol. The van der Waals surface area contributed by atoms with Crippen molar-refractivity contribution < 1.29 is 4.74 Å². The molecule has 1 heterocycles. The number of fused-ring (bicyclic) bond motifs is 1. The van der Waals surface area contributed by atoms with E-state index in [9.17, 15) is 0 Å². The van der Waals surface area contributed by atoms with Gasteiger partial charge >= 0.3 is 0 Å². The fourth-order valence-corrected chi connectivity index (χ4v) is 2.41. The van der Waals surface area contributed by atoms with E-state index >= 15 is 0 Å². The van der Waals surface area contributed by atoms with Crippen molar-refractivity contribution >= 4 is 11.0 Å². The summed E-state index contributed by atoms with van der Waals surface area (Å²) in [7, 11) is 1.73. The Balaban J connectivity index is 2.17. The minimum Gasteiger partial charge on any atom is -0.383 e. The van der Waals surface area contributed by atoms with Gasteiger partial charge in [0.15, 0.2) is 0 Å². The van der Waals surface area contributed by atoms with E-state index in [2.05, 4.69) is 41.9 Å². The Hall–Kier alpha value is -1.39. The van der Waals surface area contributed by atoms with Gasteiger partial charge in [-0.2, -0.15) is 0 Å². The molecule has 1 aromatic carbocycles. The summed E-state index contributed by atoms with van der Waals surface area (Å²) < 4.78 is 7.39. The number of aryl methyl sites for hydroxylation is 1. The lowest BCUT2D eigenvalue weighted by atomic mass is 10.2. The molecule has 2 rings (SSSR count). The van der Waals surface area contributed by atoms with E-state index in [-0.39, 0.29) is 0 Å². The SMILES string of the molecule is CCc1nc2ccccc2n1C(C)CNCCOC. The van der Waals surface area contributed by atoms with Crippen LogP contribution in [-0.2, 0) is 11.2 Å². The van der Waals surface area contributed by atoms with Crippen molar-refractivity contribution in [2.45, 2.75) is 26.3 Å². The maximum Gasteiger partial charge on any atom is 0.109 e. The molecule has 1 unspecified atom stereocenters. The van der Waals surface area contributed by atoms with Crippen LogP contribution >= 0.6 is 0 Å². The summed E-state index contributed by atoms with van der Waals surface area (Å²) in [6.07, 6.45) is 0.955. The van der Waals surface area contributed by atoms with Crippen LogP contribution < -0.4 is 5.32 Å². The second kappa shape index (κ2) is 6.68. The van der Waals surface area contributed by atoms with E-state index in [1.807, 2.05) is 6.07 Å². The van der Waals surface area contributed by atoms with Gasteiger partial charge in [0.25, 0.3) is 0 Å². The molecule has 0 spiro atoms. The van der Waals surface area contributed by atoms with Crippen LogP contribution in [0.15, 0.2) is 24.3 Å². The molecule has 104 valence electrons. The van der Waals surface area contributed by atoms with Gasteiger partial charge in [-0.15, -0.1) is 0 Å². The third-order valence-corrected chi connectivity index (χ3v) is 3.35. The number of ether oxygens (including phenoxy) is 1. The highest BCUT2D eigenvalue weighted by atomic mass is 16.5. The fourth-order valence-electron chi connectivity index (χ4n) is 2.41. The van der Waals surface area contributed by atoms with Gasteiger partial charge in [0.2, 0.25) is 0 Å². The van der Waals surface area contributed by atoms with Crippen LogP contribution in [0.5, 0.6) is 0 Å². The molecule has 0 bridgehead atoms. The molecule has 4 heteroatoms. The topological polar surface area (TPSA) is 39.1 Å². The van der Waals surface area contributed by atoms with Crippen LogP contribution in [0.25, 0.3) is 11.0 Å². The molecule has 0 fully saturated rings. The molecular formula is C15H23N3O. The van der Waals surface area contributed by atoms with E-state index in [0.29, 0.717) is 6.04 Å². The standard InChI is InChI=1S/C15H23N3O/c1-4-15-17-13-7-5-6-8-14(13)18(15)12(2)11-16-9-10-19-3/h5-8,12,16H,4,9-11H2,1-3H3. The van der Waals surface area contributed by atoms with Crippen molar-refractivity contribution in [3.8, 4) is 0 Å². The summed E-state index contributed by atoms with van der Waals surface area (Å²) in [4.78, 5) is 4.71. The Bertz CT molecular complexity index is 521. The average molecular weight is 261 g/mol. The summed E-state index contributed by atoms with van der Waals surface area (Å²) >= 11 is 0. The number of para-hydroxylation sites is 2.